The third-order valence-corrected chi connectivity index (χ3v) is 4.92. The number of nitrogens with zero attached hydrogens (tertiary/aromatic N) is 2. The van der Waals surface area contributed by atoms with E-state index in [2.05, 4.69) is 0 Å². The first kappa shape index (κ1) is 12.9. The molecule has 0 aromatic heterocycles. The van der Waals surface area contributed by atoms with Crippen molar-refractivity contribution in [2.24, 2.45) is 0 Å². The van der Waals surface area contributed by atoms with Gasteiger partial charge in [-0.3, -0.25) is 0 Å². The van der Waals surface area contributed by atoms with E-state index >= 15 is 0 Å². The summed E-state index contributed by atoms with van der Waals surface area (Å²) in [6.45, 7) is 2.95. The van der Waals surface area contributed by atoms with Crippen LogP contribution in [0.4, 0.5) is 0 Å². The maximum Gasteiger partial charge on any atom is 0.281 e. The second-order valence-electron chi connectivity index (χ2n) is 4.01. The van der Waals surface area contributed by atoms with Crippen molar-refractivity contribution in [3.63, 3.8) is 0 Å². The molecule has 1 heterocycles. The molecule has 1 N–H and O–H groups in total. The van der Waals surface area contributed by atoms with E-state index in [9.17, 15) is 8.42 Å². The molecule has 1 saturated heterocycles. The smallest absolute Gasteiger partial charge is 0.281 e. The highest BCUT2D eigenvalue weighted by Gasteiger charge is 2.33. The Balaban J connectivity index is 2.64. The Kier molecular flexibility index (Phi) is 4.51. The van der Waals surface area contributed by atoms with Crippen LogP contribution in [-0.4, -0.2) is 54.9 Å². The van der Waals surface area contributed by atoms with E-state index in [-0.39, 0.29) is 12.6 Å². The number of aliphatic hydroxyl groups is 1. The molecule has 0 spiro atoms. The maximum atomic E-state index is 12.0. The monoisotopic (exact) mass is 236 g/mol. The van der Waals surface area contributed by atoms with Crippen molar-refractivity contribution in [2.45, 2.75) is 32.2 Å². The maximum absolute atomic E-state index is 12.0. The van der Waals surface area contributed by atoms with Gasteiger partial charge in [0.05, 0.1) is 0 Å². The van der Waals surface area contributed by atoms with Crippen molar-refractivity contribution in [1.29, 1.82) is 0 Å². The third kappa shape index (κ3) is 2.90. The van der Waals surface area contributed by atoms with Crippen LogP contribution in [-0.2, 0) is 10.2 Å². The number of hydrogen-bond donors (Lipinski definition) is 1. The molecule has 0 aromatic carbocycles. The lowest BCUT2D eigenvalue weighted by Gasteiger charge is -2.26. The van der Waals surface area contributed by atoms with Gasteiger partial charge in [0.15, 0.2) is 0 Å². The van der Waals surface area contributed by atoms with E-state index in [0.29, 0.717) is 19.5 Å². The summed E-state index contributed by atoms with van der Waals surface area (Å²) < 4.78 is 26.9. The van der Waals surface area contributed by atoms with E-state index in [4.69, 9.17) is 5.11 Å². The summed E-state index contributed by atoms with van der Waals surface area (Å²) in [7, 11) is -1.74. The van der Waals surface area contributed by atoms with Crippen molar-refractivity contribution < 1.29 is 13.5 Å². The zero-order valence-electron chi connectivity index (χ0n) is 9.39. The molecule has 0 saturated carbocycles. The topological polar surface area (TPSA) is 60.9 Å². The molecule has 6 heteroatoms. The van der Waals surface area contributed by atoms with Crippen LogP contribution < -0.4 is 0 Å². The number of aliphatic hydroxyl groups excluding tert-OH is 1. The summed E-state index contributed by atoms with van der Waals surface area (Å²) in [5, 5.41) is 8.66. The third-order valence-electron chi connectivity index (χ3n) is 2.81. The van der Waals surface area contributed by atoms with Gasteiger partial charge in [-0.25, -0.2) is 0 Å². The lowest BCUT2D eigenvalue weighted by Crippen LogP contribution is -2.43. The molecule has 15 heavy (non-hydrogen) atoms. The van der Waals surface area contributed by atoms with Gasteiger partial charge in [0.1, 0.15) is 0 Å². The van der Waals surface area contributed by atoms with Crippen molar-refractivity contribution in [3.8, 4) is 0 Å². The standard InChI is InChI=1S/C9H20N2O3S/c1-9-5-3-7-11(9)15(13,14)10(2)6-4-8-12/h9,12H,3-8H2,1-2H3. The second-order valence-corrected chi connectivity index (χ2v) is 6.00. The summed E-state index contributed by atoms with van der Waals surface area (Å²) >= 11 is 0. The number of rotatable bonds is 5. The van der Waals surface area contributed by atoms with E-state index in [1.807, 2.05) is 6.92 Å². The van der Waals surface area contributed by atoms with Gasteiger partial charge < -0.3 is 5.11 Å². The molecule has 90 valence electrons. The fourth-order valence-corrected chi connectivity index (χ4v) is 3.48. The molecule has 1 aliphatic heterocycles. The first-order valence-electron chi connectivity index (χ1n) is 5.34. The zero-order chi connectivity index (χ0) is 11.5. The average molecular weight is 236 g/mol. The van der Waals surface area contributed by atoms with E-state index in [1.165, 1.54) is 4.31 Å². The van der Waals surface area contributed by atoms with Crippen molar-refractivity contribution in [3.05, 3.63) is 0 Å². The predicted molar refractivity (Wildman–Crippen MR) is 58.7 cm³/mol. The van der Waals surface area contributed by atoms with Crippen LogP contribution in [0.25, 0.3) is 0 Å². The summed E-state index contributed by atoms with van der Waals surface area (Å²) in [5.41, 5.74) is 0. The Hall–Kier alpha value is -0.170. The molecule has 1 aliphatic rings. The van der Waals surface area contributed by atoms with Gasteiger partial charge in [0, 0.05) is 32.8 Å². The molecular weight excluding hydrogens is 216 g/mol. The minimum absolute atomic E-state index is 0.0232. The largest absolute Gasteiger partial charge is 0.396 e. The van der Waals surface area contributed by atoms with E-state index < -0.39 is 10.2 Å². The van der Waals surface area contributed by atoms with Gasteiger partial charge in [-0.1, -0.05) is 0 Å². The summed E-state index contributed by atoms with van der Waals surface area (Å²) in [6, 6.07) is 0.103. The Morgan fingerprint density at radius 1 is 1.53 bits per heavy atom. The van der Waals surface area contributed by atoms with Crippen LogP contribution in [0.3, 0.4) is 0 Å². The SMILES string of the molecule is CC1CCCN1S(=O)(=O)N(C)CCCO. The summed E-state index contributed by atoms with van der Waals surface area (Å²) in [5.74, 6) is 0. The Morgan fingerprint density at radius 3 is 2.67 bits per heavy atom. The minimum atomic E-state index is -3.30. The fraction of sp³-hybridized carbons (Fsp3) is 1.00. The van der Waals surface area contributed by atoms with Gasteiger partial charge in [-0.15, -0.1) is 0 Å². The highest BCUT2D eigenvalue weighted by atomic mass is 32.2. The average Bonchev–Trinajstić information content (AvgIpc) is 2.61. The lowest BCUT2D eigenvalue weighted by molar-refractivity contribution is 0.270. The first-order chi connectivity index (χ1) is 7.00. The van der Waals surface area contributed by atoms with Crippen LogP contribution in [0.15, 0.2) is 0 Å². The normalized spacial score (nSPS) is 23.9. The second kappa shape index (κ2) is 5.25. The van der Waals surface area contributed by atoms with Gasteiger partial charge in [-0.2, -0.15) is 17.0 Å². The van der Waals surface area contributed by atoms with Gasteiger partial charge in [-0.05, 0) is 26.2 Å². The molecule has 1 rings (SSSR count). The van der Waals surface area contributed by atoms with Crippen molar-refractivity contribution in [2.75, 3.05) is 26.7 Å². The molecule has 0 amide bonds. The lowest BCUT2D eigenvalue weighted by atomic mass is 10.3. The highest BCUT2D eigenvalue weighted by molar-refractivity contribution is 7.86. The molecule has 0 radical (unpaired) electrons. The van der Waals surface area contributed by atoms with Crippen LogP contribution in [0.1, 0.15) is 26.2 Å². The molecule has 1 unspecified atom stereocenters. The van der Waals surface area contributed by atoms with Crippen LogP contribution >= 0.6 is 0 Å². The fourth-order valence-electron chi connectivity index (χ4n) is 1.84. The summed E-state index contributed by atoms with van der Waals surface area (Å²) in [4.78, 5) is 0. The highest BCUT2D eigenvalue weighted by Crippen LogP contribution is 2.21. The minimum Gasteiger partial charge on any atom is -0.396 e. The van der Waals surface area contributed by atoms with E-state index in [1.54, 1.807) is 11.4 Å². The molecule has 0 bridgehead atoms. The Labute approximate surface area is 91.9 Å². The molecular formula is C9H20N2O3S. The predicted octanol–water partition coefficient (Wildman–Crippen LogP) is 0.0297. The van der Waals surface area contributed by atoms with Crippen LogP contribution in [0, 0.1) is 0 Å². The zero-order valence-corrected chi connectivity index (χ0v) is 10.2. The van der Waals surface area contributed by atoms with Crippen molar-refractivity contribution >= 4 is 10.2 Å². The van der Waals surface area contributed by atoms with Gasteiger partial charge in [0.2, 0.25) is 0 Å². The first-order valence-corrected chi connectivity index (χ1v) is 6.74. The van der Waals surface area contributed by atoms with Gasteiger partial charge >= 0.3 is 0 Å². The quantitative estimate of drug-likeness (QED) is 0.732. The molecule has 0 aliphatic carbocycles. The van der Waals surface area contributed by atoms with Gasteiger partial charge in [0.25, 0.3) is 10.2 Å². The van der Waals surface area contributed by atoms with Crippen molar-refractivity contribution in [1.82, 2.24) is 8.61 Å². The Morgan fingerprint density at radius 2 is 2.20 bits per heavy atom. The van der Waals surface area contributed by atoms with Crippen LogP contribution in [0.2, 0.25) is 0 Å². The molecule has 1 atom stereocenters. The van der Waals surface area contributed by atoms with E-state index in [0.717, 1.165) is 12.8 Å². The molecule has 0 aromatic rings. The molecule has 1 fully saturated rings. The molecule has 5 nitrogen and oxygen atoms in total. The van der Waals surface area contributed by atoms with Crippen LogP contribution in [0.5, 0.6) is 0 Å². The summed E-state index contributed by atoms with van der Waals surface area (Å²) in [6.07, 6.45) is 2.36. The number of hydrogen-bond acceptors (Lipinski definition) is 3. The Bertz CT molecular complexity index is 292.